The first-order valence-corrected chi connectivity index (χ1v) is 11.3. The topological polar surface area (TPSA) is 49.0 Å². The Morgan fingerprint density at radius 3 is 2.96 bits per heavy atom. The van der Waals surface area contributed by atoms with Crippen molar-refractivity contribution in [2.45, 2.75) is 31.8 Å². The molecule has 0 fully saturated rings. The van der Waals surface area contributed by atoms with E-state index in [9.17, 15) is 4.79 Å². The molecule has 4 nitrogen and oxygen atoms in total. The summed E-state index contributed by atoms with van der Waals surface area (Å²) in [6.07, 6.45) is 3.49. The van der Waals surface area contributed by atoms with Crippen molar-refractivity contribution in [3.05, 3.63) is 74.5 Å². The maximum atomic E-state index is 12.8. The van der Waals surface area contributed by atoms with E-state index in [2.05, 4.69) is 41.2 Å². The lowest BCUT2D eigenvalue weighted by atomic mass is 9.87. The van der Waals surface area contributed by atoms with Gasteiger partial charge in [0.2, 0.25) is 0 Å². The number of benzene rings is 1. The first-order valence-electron chi connectivity index (χ1n) is 9.53. The molecule has 28 heavy (non-hydrogen) atoms. The van der Waals surface area contributed by atoms with Crippen molar-refractivity contribution in [1.82, 2.24) is 14.9 Å². The van der Waals surface area contributed by atoms with Crippen LogP contribution in [0.5, 0.6) is 0 Å². The number of aromatic nitrogens is 2. The molecule has 1 aliphatic rings. The number of aromatic amines is 1. The number of H-pyrrole nitrogens is 1. The van der Waals surface area contributed by atoms with Crippen molar-refractivity contribution in [3.63, 3.8) is 0 Å². The fourth-order valence-corrected chi connectivity index (χ4v) is 6.00. The molecule has 1 atom stereocenters. The van der Waals surface area contributed by atoms with Crippen molar-refractivity contribution in [1.29, 1.82) is 0 Å². The molecule has 1 aliphatic carbocycles. The van der Waals surface area contributed by atoms with E-state index in [1.54, 1.807) is 22.7 Å². The zero-order chi connectivity index (χ0) is 19.1. The molecule has 0 aliphatic heterocycles. The van der Waals surface area contributed by atoms with Gasteiger partial charge in [0.05, 0.1) is 11.9 Å². The lowest BCUT2D eigenvalue weighted by molar-refractivity contribution is 0.208. The Hall–Kier alpha value is -2.28. The van der Waals surface area contributed by atoms with Crippen molar-refractivity contribution >= 4 is 32.9 Å². The summed E-state index contributed by atoms with van der Waals surface area (Å²) >= 11 is 3.20. The van der Waals surface area contributed by atoms with Gasteiger partial charge in [0.15, 0.2) is 0 Å². The van der Waals surface area contributed by atoms with Crippen LogP contribution < -0.4 is 5.56 Å². The molecule has 0 radical (unpaired) electrons. The molecule has 0 amide bonds. The van der Waals surface area contributed by atoms with Crippen LogP contribution in [0.3, 0.4) is 0 Å². The zero-order valence-corrected chi connectivity index (χ0v) is 17.3. The second-order valence-electron chi connectivity index (χ2n) is 7.34. The fraction of sp³-hybridized carbons (Fsp3) is 0.273. The quantitative estimate of drug-likeness (QED) is 0.504. The zero-order valence-electron chi connectivity index (χ0n) is 15.6. The molecule has 6 heteroatoms. The second-order valence-corrected chi connectivity index (χ2v) is 9.15. The van der Waals surface area contributed by atoms with Crippen LogP contribution in [0, 0.1) is 0 Å². The van der Waals surface area contributed by atoms with Crippen LogP contribution in [-0.2, 0) is 13.0 Å². The second kappa shape index (κ2) is 7.28. The van der Waals surface area contributed by atoms with Crippen LogP contribution in [0.15, 0.2) is 52.0 Å². The van der Waals surface area contributed by atoms with Gasteiger partial charge in [0.1, 0.15) is 10.7 Å². The van der Waals surface area contributed by atoms with Crippen molar-refractivity contribution in [2.75, 3.05) is 7.05 Å². The number of hydrogen-bond acceptors (Lipinski definition) is 5. The number of aryl methyl sites for hydroxylation is 1. The minimum absolute atomic E-state index is 0.0397. The third-order valence-electron chi connectivity index (χ3n) is 5.55. The van der Waals surface area contributed by atoms with Crippen LogP contribution in [0.2, 0.25) is 0 Å². The summed E-state index contributed by atoms with van der Waals surface area (Å²) < 4.78 is 0. The highest BCUT2D eigenvalue weighted by molar-refractivity contribution is 7.18. The molecule has 1 N–H and O–H groups in total. The van der Waals surface area contributed by atoms with E-state index in [4.69, 9.17) is 4.98 Å². The predicted molar refractivity (Wildman–Crippen MR) is 117 cm³/mol. The molecule has 1 aromatic carbocycles. The maximum Gasteiger partial charge on any atom is 0.260 e. The van der Waals surface area contributed by atoms with Gasteiger partial charge in [0, 0.05) is 21.9 Å². The highest BCUT2D eigenvalue weighted by atomic mass is 32.1. The molecule has 0 bridgehead atoms. The largest absolute Gasteiger partial charge is 0.309 e. The molecular weight excluding hydrogens is 386 g/mol. The average molecular weight is 408 g/mol. The van der Waals surface area contributed by atoms with E-state index in [1.807, 2.05) is 22.9 Å². The molecule has 3 heterocycles. The molecule has 3 aromatic heterocycles. The number of hydrogen-bond donors (Lipinski definition) is 1. The van der Waals surface area contributed by atoms with Crippen LogP contribution in [0.1, 0.15) is 35.8 Å². The van der Waals surface area contributed by atoms with Gasteiger partial charge in [-0.25, -0.2) is 4.98 Å². The van der Waals surface area contributed by atoms with Gasteiger partial charge in [-0.3, -0.25) is 9.69 Å². The Kier molecular flexibility index (Phi) is 4.62. The Balaban J connectivity index is 1.46. The molecule has 0 spiro atoms. The van der Waals surface area contributed by atoms with Gasteiger partial charge in [0.25, 0.3) is 5.56 Å². The highest BCUT2D eigenvalue weighted by Gasteiger charge is 2.24. The van der Waals surface area contributed by atoms with Gasteiger partial charge in [-0.05, 0) is 48.9 Å². The minimum atomic E-state index is -0.0397. The summed E-state index contributed by atoms with van der Waals surface area (Å²) in [6.45, 7) is 0.635. The number of rotatable bonds is 4. The minimum Gasteiger partial charge on any atom is -0.309 e. The van der Waals surface area contributed by atoms with Gasteiger partial charge in [-0.2, -0.15) is 0 Å². The van der Waals surface area contributed by atoms with E-state index in [0.29, 0.717) is 18.0 Å². The molecular formula is C22H21N3OS2. The van der Waals surface area contributed by atoms with Crippen LogP contribution in [0.25, 0.3) is 20.7 Å². The lowest BCUT2D eigenvalue weighted by Crippen LogP contribution is -2.29. The Morgan fingerprint density at radius 1 is 1.21 bits per heavy atom. The molecule has 0 saturated heterocycles. The summed E-state index contributed by atoms with van der Waals surface area (Å²) in [5, 5.41) is 4.79. The third-order valence-corrected chi connectivity index (χ3v) is 7.32. The lowest BCUT2D eigenvalue weighted by Gasteiger charge is -2.33. The van der Waals surface area contributed by atoms with Gasteiger partial charge < -0.3 is 4.98 Å². The summed E-state index contributed by atoms with van der Waals surface area (Å²) in [4.78, 5) is 24.9. The van der Waals surface area contributed by atoms with Crippen molar-refractivity contribution in [2.24, 2.45) is 0 Å². The fourth-order valence-electron chi connectivity index (χ4n) is 4.21. The van der Waals surface area contributed by atoms with Crippen LogP contribution >= 0.6 is 22.7 Å². The Labute approximate surface area is 171 Å². The normalized spacial score (nSPS) is 16.6. The number of nitrogens with zero attached hydrogens (tertiary/aromatic N) is 2. The standard InChI is InChI=1S/C22H21N3OS2/c1-25(17-9-4-7-14-6-2-3-8-15(14)17)12-19-23-21(26)20-16(13-28-22(20)24-19)18-10-5-11-27-18/h2-3,5-6,8,10-11,13,17H,4,7,9,12H2,1H3,(H,23,24,26). The smallest absolute Gasteiger partial charge is 0.260 e. The Bertz CT molecular complexity index is 1180. The highest BCUT2D eigenvalue weighted by Crippen LogP contribution is 2.35. The molecule has 142 valence electrons. The van der Waals surface area contributed by atoms with Crippen molar-refractivity contribution < 1.29 is 0 Å². The van der Waals surface area contributed by atoms with Crippen LogP contribution in [-0.4, -0.2) is 21.9 Å². The summed E-state index contributed by atoms with van der Waals surface area (Å²) in [7, 11) is 2.13. The number of thiophene rings is 2. The third kappa shape index (κ3) is 3.11. The monoisotopic (exact) mass is 407 g/mol. The molecule has 0 saturated carbocycles. The SMILES string of the molecule is CN(Cc1nc2scc(-c3cccs3)c2c(=O)[nH]1)C1CCCc2ccccc21. The number of fused-ring (bicyclic) bond motifs is 2. The first-order chi connectivity index (χ1) is 13.7. The predicted octanol–water partition coefficient (Wildman–Crippen LogP) is 5.22. The van der Waals surface area contributed by atoms with E-state index >= 15 is 0 Å². The average Bonchev–Trinajstić information content (AvgIpc) is 3.37. The van der Waals surface area contributed by atoms with E-state index < -0.39 is 0 Å². The van der Waals surface area contributed by atoms with E-state index in [0.717, 1.165) is 33.9 Å². The molecule has 1 unspecified atom stereocenters. The van der Waals surface area contributed by atoms with E-state index in [1.165, 1.54) is 17.5 Å². The van der Waals surface area contributed by atoms with Gasteiger partial charge >= 0.3 is 0 Å². The summed E-state index contributed by atoms with van der Waals surface area (Å²) in [6, 6.07) is 13.1. The maximum absolute atomic E-state index is 12.8. The van der Waals surface area contributed by atoms with Gasteiger partial charge in [-0.1, -0.05) is 30.3 Å². The van der Waals surface area contributed by atoms with Crippen molar-refractivity contribution in [3.8, 4) is 10.4 Å². The summed E-state index contributed by atoms with van der Waals surface area (Å²) in [5.41, 5.74) is 3.81. The Morgan fingerprint density at radius 2 is 2.11 bits per heavy atom. The van der Waals surface area contributed by atoms with Crippen LogP contribution in [0.4, 0.5) is 0 Å². The van der Waals surface area contributed by atoms with Gasteiger partial charge in [-0.15, -0.1) is 22.7 Å². The number of nitrogens with one attached hydrogen (secondary N) is 1. The summed E-state index contributed by atoms with van der Waals surface area (Å²) in [5.74, 6) is 0.739. The molecule has 4 aromatic rings. The first kappa shape index (κ1) is 17.8. The van der Waals surface area contributed by atoms with E-state index in [-0.39, 0.29) is 5.56 Å². The molecule has 5 rings (SSSR count).